The summed E-state index contributed by atoms with van der Waals surface area (Å²) < 4.78 is 0. The van der Waals surface area contributed by atoms with Gasteiger partial charge in [-0.2, -0.15) is 0 Å². The van der Waals surface area contributed by atoms with Gasteiger partial charge >= 0.3 is 0 Å². The molecule has 0 aromatic carbocycles. The second-order valence-electron chi connectivity index (χ2n) is 3.98. The number of nitrogens with zero attached hydrogens (tertiary/aromatic N) is 3. The highest BCUT2D eigenvalue weighted by Gasteiger charge is 2.05. The molecule has 92 valence electrons. The molecule has 19 heavy (non-hydrogen) atoms. The van der Waals surface area contributed by atoms with E-state index < -0.39 is 0 Å². The smallest absolute Gasteiger partial charge is 0.0901 e. The molecule has 0 fully saturated rings. The van der Waals surface area contributed by atoms with Crippen LogP contribution >= 0.6 is 11.6 Å². The van der Waals surface area contributed by atoms with Crippen molar-refractivity contribution in [2.24, 2.45) is 0 Å². The van der Waals surface area contributed by atoms with Gasteiger partial charge in [0.15, 0.2) is 0 Å². The molecule has 0 atom stereocenters. The number of halogens is 1. The molecule has 0 aliphatic heterocycles. The van der Waals surface area contributed by atoms with E-state index in [0.29, 0.717) is 5.02 Å². The van der Waals surface area contributed by atoms with Crippen LogP contribution in [0.3, 0.4) is 0 Å². The summed E-state index contributed by atoms with van der Waals surface area (Å²) in [5.41, 5.74) is 3.20. The Bertz CT molecular complexity index is 699. The Balaban J connectivity index is 2.06. The SMILES string of the molecule is Clc1ccnc(-c2cccc(-c3ccccn3)n2)c1. The molecule has 0 unspecified atom stereocenters. The zero-order valence-electron chi connectivity index (χ0n) is 9.99. The van der Waals surface area contributed by atoms with Crippen LogP contribution in [-0.4, -0.2) is 15.0 Å². The van der Waals surface area contributed by atoms with E-state index in [1.165, 1.54) is 0 Å². The zero-order chi connectivity index (χ0) is 13.1. The first-order valence-corrected chi connectivity index (χ1v) is 6.21. The second-order valence-corrected chi connectivity index (χ2v) is 4.42. The van der Waals surface area contributed by atoms with Crippen molar-refractivity contribution in [1.82, 2.24) is 15.0 Å². The minimum Gasteiger partial charge on any atom is -0.255 e. The Morgan fingerprint density at radius 3 is 2.16 bits per heavy atom. The zero-order valence-corrected chi connectivity index (χ0v) is 10.7. The number of rotatable bonds is 2. The molecule has 0 aliphatic rings. The van der Waals surface area contributed by atoms with Gasteiger partial charge in [0.05, 0.1) is 22.8 Å². The van der Waals surface area contributed by atoms with E-state index in [9.17, 15) is 0 Å². The quantitative estimate of drug-likeness (QED) is 0.708. The summed E-state index contributed by atoms with van der Waals surface area (Å²) in [4.78, 5) is 13.1. The normalized spacial score (nSPS) is 10.4. The van der Waals surface area contributed by atoms with E-state index in [0.717, 1.165) is 22.8 Å². The van der Waals surface area contributed by atoms with Crippen molar-refractivity contribution in [3.8, 4) is 22.8 Å². The topological polar surface area (TPSA) is 38.7 Å². The highest BCUT2D eigenvalue weighted by Crippen LogP contribution is 2.21. The van der Waals surface area contributed by atoms with Crippen molar-refractivity contribution in [2.45, 2.75) is 0 Å². The summed E-state index contributed by atoms with van der Waals surface area (Å²) in [6, 6.07) is 15.1. The fraction of sp³-hybridized carbons (Fsp3) is 0. The first kappa shape index (κ1) is 11.8. The molecule has 3 rings (SSSR count). The molecular weight excluding hydrogens is 258 g/mol. The third-order valence-corrected chi connectivity index (χ3v) is 2.90. The number of hydrogen-bond acceptors (Lipinski definition) is 3. The molecule has 3 aromatic rings. The Morgan fingerprint density at radius 1 is 0.684 bits per heavy atom. The van der Waals surface area contributed by atoms with E-state index in [1.54, 1.807) is 24.5 Å². The van der Waals surface area contributed by atoms with Crippen LogP contribution in [0.25, 0.3) is 22.8 Å². The van der Waals surface area contributed by atoms with Crippen LogP contribution in [0.5, 0.6) is 0 Å². The van der Waals surface area contributed by atoms with Gasteiger partial charge in [0.1, 0.15) is 0 Å². The average Bonchev–Trinajstić information content (AvgIpc) is 2.48. The maximum absolute atomic E-state index is 5.97. The van der Waals surface area contributed by atoms with Gasteiger partial charge in [-0.05, 0) is 36.4 Å². The molecule has 0 N–H and O–H groups in total. The van der Waals surface area contributed by atoms with Crippen LogP contribution in [0, 0.1) is 0 Å². The van der Waals surface area contributed by atoms with Crippen LogP contribution in [0.15, 0.2) is 60.9 Å². The standard InChI is InChI=1S/C15H10ClN3/c16-11-7-9-18-15(10-11)14-6-3-5-13(19-14)12-4-1-2-8-17-12/h1-10H. The number of pyridine rings is 3. The van der Waals surface area contributed by atoms with E-state index in [2.05, 4.69) is 15.0 Å². The van der Waals surface area contributed by atoms with Gasteiger partial charge in [-0.1, -0.05) is 23.7 Å². The maximum Gasteiger partial charge on any atom is 0.0901 e. The summed E-state index contributed by atoms with van der Waals surface area (Å²) in [6.45, 7) is 0. The van der Waals surface area contributed by atoms with E-state index in [4.69, 9.17) is 11.6 Å². The van der Waals surface area contributed by atoms with Gasteiger partial charge in [0.25, 0.3) is 0 Å². The van der Waals surface area contributed by atoms with E-state index in [1.807, 2.05) is 36.4 Å². The van der Waals surface area contributed by atoms with Crippen molar-refractivity contribution in [2.75, 3.05) is 0 Å². The molecule has 0 saturated carbocycles. The van der Waals surface area contributed by atoms with Gasteiger partial charge in [-0.25, -0.2) is 4.98 Å². The Hall–Kier alpha value is -2.26. The van der Waals surface area contributed by atoms with Crippen LogP contribution in [-0.2, 0) is 0 Å². The lowest BCUT2D eigenvalue weighted by atomic mass is 10.2. The minimum absolute atomic E-state index is 0.648. The second kappa shape index (κ2) is 5.16. The molecule has 3 nitrogen and oxygen atoms in total. The highest BCUT2D eigenvalue weighted by atomic mass is 35.5. The predicted molar refractivity (Wildman–Crippen MR) is 75.7 cm³/mol. The molecule has 0 bridgehead atoms. The van der Waals surface area contributed by atoms with Crippen molar-refractivity contribution >= 4 is 11.6 Å². The van der Waals surface area contributed by atoms with Crippen molar-refractivity contribution in [3.05, 3.63) is 65.9 Å². The lowest BCUT2D eigenvalue weighted by molar-refractivity contribution is 1.22. The highest BCUT2D eigenvalue weighted by molar-refractivity contribution is 6.30. The lowest BCUT2D eigenvalue weighted by Gasteiger charge is -2.04. The van der Waals surface area contributed by atoms with Crippen LogP contribution in [0.1, 0.15) is 0 Å². The van der Waals surface area contributed by atoms with Gasteiger partial charge in [-0.3, -0.25) is 9.97 Å². The molecule has 0 spiro atoms. The molecule has 0 radical (unpaired) electrons. The largest absolute Gasteiger partial charge is 0.255 e. The molecular formula is C15H10ClN3. The lowest BCUT2D eigenvalue weighted by Crippen LogP contribution is -1.91. The van der Waals surface area contributed by atoms with Gasteiger partial charge in [0.2, 0.25) is 0 Å². The third-order valence-electron chi connectivity index (χ3n) is 2.66. The first-order valence-electron chi connectivity index (χ1n) is 5.83. The van der Waals surface area contributed by atoms with Gasteiger partial charge in [-0.15, -0.1) is 0 Å². The minimum atomic E-state index is 0.648. The third kappa shape index (κ3) is 2.61. The fourth-order valence-corrected chi connectivity index (χ4v) is 1.94. The molecule has 0 amide bonds. The van der Waals surface area contributed by atoms with Gasteiger partial charge < -0.3 is 0 Å². The van der Waals surface area contributed by atoms with Crippen molar-refractivity contribution in [3.63, 3.8) is 0 Å². The Kier molecular flexibility index (Phi) is 3.21. The van der Waals surface area contributed by atoms with Crippen LogP contribution in [0.2, 0.25) is 5.02 Å². The fourth-order valence-electron chi connectivity index (χ4n) is 1.78. The van der Waals surface area contributed by atoms with E-state index >= 15 is 0 Å². The molecule has 3 heterocycles. The monoisotopic (exact) mass is 267 g/mol. The predicted octanol–water partition coefficient (Wildman–Crippen LogP) is 3.86. The van der Waals surface area contributed by atoms with Crippen molar-refractivity contribution < 1.29 is 0 Å². The average molecular weight is 268 g/mol. The Labute approximate surface area is 116 Å². The Morgan fingerprint density at radius 2 is 1.42 bits per heavy atom. The molecule has 0 saturated heterocycles. The van der Waals surface area contributed by atoms with Gasteiger partial charge in [0, 0.05) is 17.4 Å². The van der Waals surface area contributed by atoms with Crippen LogP contribution < -0.4 is 0 Å². The summed E-state index contributed by atoms with van der Waals surface area (Å²) in [7, 11) is 0. The maximum atomic E-state index is 5.97. The number of hydrogen-bond donors (Lipinski definition) is 0. The molecule has 3 aromatic heterocycles. The summed E-state index contributed by atoms with van der Waals surface area (Å²) in [6.07, 6.45) is 3.42. The van der Waals surface area contributed by atoms with Crippen molar-refractivity contribution in [1.29, 1.82) is 0 Å². The van der Waals surface area contributed by atoms with Crippen LogP contribution in [0.4, 0.5) is 0 Å². The molecule has 4 heteroatoms. The summed E-state index contributed by atoms with van der Waals surface area (Å²) >= 11 is 5.97. The summed E-state index contributed by atoms with van der Waals surface area (Å²) in [5.74, 6) is 0. The van der Waals surface area contributed by atoms with E-state index in [-0.39, 0.29) is 0 Å². The molecule has 0 aliphatic carbocycles. The number of aromatic nitrogens is 3. The summed E-state index contributed by atoms with van der Waals surface area (Å²) in [5, 5.41) is 0.648. The first-order chi connectivity index (χ1) is 9.33.